The van der Waals surface area contributed by atoms with Crippen LogP contribution in [0.15, 0.2) is 30.6 Å². The highest BCUT2D eigenvalue weighted by molar-refractivity contribution is 6.32. The third-order valence-corrected chi connectivity index (χ3v) is 2.75. The average Bonchev–Trinajstić information content (AvgIpc) is 2.84. The molecule has 0 bridgehead atoms. The number of nitrogens with zero attached hydrogens (tertiary/aromatic N) is 3. The van der Waals surface area contributed by atoms with Gasteiger partial charge in [-0.05, 0) is 6.07 Å². The maximum Gasteiger partial charge on any atom is 0.320 e. The molecule has 0 aliphatic heterocycles. The van der Waals surface area contributed by atoms with Gasteiger partial charge in [-0.25, -0.2) is 4.98 Å². The predicted molar refractivity (Wildman–Crippen MR) is 65.9 cm³/mol. The normalized spacial score (nSPS) is 10.8. The Labute approximate surface area is 116 Å². The Kier molecular flexibility index (Phi) is 4.14. The van der Waals surface area contributed by atoms with Crippen LogP contribution in [-0.4, -0.2) is 14.5 Å². The van der Waals surface area contributed by atoms with Gasteiger partial charge in [-0.15, -0.1) is 0 Å². The summed E-state index contributed by atoms with van der Waals surface area (Å²) in [4.78, 5) is 13.7. The quantitative estimate of drug-likeness (QED) is 0.627. The van der Waals surface area contributed by atoms with Crippen LogP contribution in [0, 0.1) is 10.1 Å². The number of hydrogen-bond acceptors (Lipinski definition) is 4. The molecule has 0 amide bonds. The second-order valence-corrected chi connectivity index (χ2v) is 4.09. The zero-order valence-corrected chi connectivity index (χ0v) is 10.6. The van der Waals surface area contributed by atoms with Gasteiger partial charge in [0.05, 0.1) is 4.92 Å². The van der Waals surface area contributed by atoms with Gasteiger partial charge >= 0.3 is 6.55 Å². The number of nitro groups is 1. The van der Waals surface area contributed by atoms with Crippen molar-refractivity contribution >= 4 is 17.3 Å². The molecule has 0 aliphatic carbocycles. The monoisotopic (exact) mass is 303 g/mol. The predicted octanol–water partition coefficient (Wildman–Crippen LogP) is 3.42. The lowest BCUT2D eigenvalue weighted by Gasteiger charge is -2.08. The molecule has 0 saturated carbocycles. The summed E-state index contributed by atoms with van der Waals surface area (Å²) in [6, 6.07) is 3.76. The van der Waals surface area contributed by atoms with E-state index in [0.29, 0.717) is 4.57 Å². The Morgan fingerprint density at radius 1 is 1.50 bits per heavy atom. The number of halogens is 3. The van der Waals surface area contributed by atoms with Crippen molar-refractivity contribution < 1.29 is 18.4 Å². The van der Waals surface area contributed by atoms with Gasteiger partial charge in [-0.2, -0.15) is 8.78 Å². The summed E-state index contributed by atoms with van der Waals surface area (Å²) in [5.74, 6) is 0.263. The Bertz CT molecular complexity index is 633. The van der Waals surface area contributed by atoms with E-state index in [1.807, 2.05) is 0 Å². The van der Waals surface area contributed by atoms with Crippen molar-refractivity contribution in [3.63, 3.8) is 0 Å². The highest BCUT2D eigenvalue weighted by atomic mass is 35.5. The van der Waals surface area contributed by atoms with E-state index >= 15 is 0 Å². The van der Waals surface area contributed by atoms with E-state index < -0.39 is 11.5 Å². The molecule has 20 heavy (non-hydrogen) atoms. The lowest BCUT2D eigenvalue weighted by Crippen LogP contribution is -2.07. The van der Waals surface area contributed by atoms with Crippen molar-refractivity contribution in [1.82, 2.24) is 9.55 Å². The maximum atomic E-state index is 12.6. The first-order chi connectivity index (χ1) is 9.49. The maximum absolute atomic E-state index is 12.6. The minimum Gasteiger partial charge on any atom is -0.486 e. The van der Waals surface area contributed by atoms with Crippen molar-refractivity contribution in [2.75, 3.05) is 0 Å². The lowest BCUT2D eigenvalue weighted by atomic mass is 10.3. The second-order valence-electron chi connectivity index (χ2n) is 3.69. The van der Waals surface area contributed by atoms with Crippen LogP contribution < -0.4 is 4.74 Å². The van der Waals surface area contributed by atoms with Crippen LogP contribution in [-0.2, 0) is 6.61 Å². The molecule has 1 aromatic heterocycles. The number of alkyl halides is 2. The van der Waals surface area contributed by atoms with Gasteiger partial charge in [0.2, 0.25) is 0 Å². The molecule has 0 saturated heterocycles. The molecule has 106 valence electrons. The molecule has 0 aliphatic rings. The van der Waals surface area contributed by atoms with E-state index in [9.17, 15) is 18.9 Å². The Morgan fingerprint density at radius 3 is 2.85 bits per heavy atom. The molecule has 1 aromatic carbocycles. The van der Waals surface area contributed by atoms with Gasteiger partial charge < -0.3 is 4.74 Å². The summed E-state index contributed by atoms with van der Waals surface area (Å²) < 4.78 is 31.0. The van der Waals surface area contributed by atoms with E-state index in [-0.39, 0.29) is 28.9 Å². The third kappa shape index (κ3) is 3.02. The summed E-state index contributed by atoms with van der Waals surface area (Å²) in [5, 5.41) is 10.5. The van der Waals surface area contributed by atoms with E-state index in [1.54, 1.807) is 0 Å². The zero-order valence-electron chi connectivity index (χ0n) is 9.87. The van der Waals surface area contributed by atoms with Crippen molar-refractivity contribution in [3.05, 3.63) is 51.6 Å². The molecule has 6 nitrogen and oxygen atoms in total. The number of aromatic nitrogens is 2. The van der Waals surface area contributed by atoms with Gasteiger partial charge in [0.1, 0.15) is 17.4 Å². The van der Waals surface area contributed by atoms with Crippen LogP contribution in [0.2, 0.25) is 5.02 Å². The molecule has 0 fully saturated rings. The van der Waals surface area contributed by atoms with Crippen molar-refractivity contribution in [2.45, 2.75) is 13.2 Å². The van der Waals surface area contributed by atoms with Gasteiger partial charge in [-0.3, -0.25) is 14.7 Å². The van der Waals surface area contributed by atoms with Crippen LogP contribution in [0.1, 0.15) is 12.4 Å². The third-order valence-electron chi connectivity index (χ3n) is 2.44. The summed E-state index contributed by atoms with van der Waals surface area (Å²) in [6.45, 7) is -2.91. The smallest absolute Gasteiger partial charge is 0.320 e. The summed E-state index contributed by atoms with van der Waals surface area (Å²) in [6.07, 6.45) is 2.36. The topological polar surface area (TPSA) is 70.2 Å². The lowest BCUT2D eigenvalue weighted by molar-refractivity contribution is -0.384. The highest BCUT2D eigenvalue weighted by Gasteiger charge is 2.14. The first kappa shape index (κ1) is 14.2. The molecule has 0 unspecified atom stereocenters. The van der Waals surface area contributed by atoms with Crippen molar-refractivity contribution in [1.29, 1.82) is 0 Å². The van der Waals surface area contributed by atoms with Crippen molar-refractivity contribution in [2.24, 2.45) is 0 Å². The van der Waals surface area contributed by atoms with Gasteiger partial charge in [0.15, 0.2) is 5.82 Å². The molecular formula is C11H8ClF2N3O3. The number of benzene rings is 1. The SMILES string of the molecule is O=[N+]([O-])c1ccc(OCc2nccn2C(F)F)cc1Cl. The molecule has 2 rings (SSSR count). The van der Waals surface area contributed by atoms with Gasteiger partial charge in [-0.1, -0.05) is 11.6 Å². The Balaban J connectivity index is 2.09. The van der Waals surface area contributed by atoms with E-state index in [0.717, 1.165) is 6.20 Å². The van der Waals surface area contributed by atoms with E-state index in [1.165, 1.54) is 24.4 Å². The first-order valence-corrected chi connectivity index (χ1v) is 5.73. The molecule has 1 heterocycles. The van der Waals surface area contributed by atoms with Crippen LogP contribution >= 0.6 is 11.6 Å². The molecule has 0 radical (unpaired) electrons. The van der Waals surface area contributed by atoms with E-state index in [4.69, 9.17) is 16.3 Å². The minimum atomic E-state index is -2.71. The summed E-state index contributed by atoms with van der Waals surface area (Å²) in [5.41, 5.74) is -0.256. The molecule has 0 spiro atoms. The fraction of sp³-hybridized carbons (Fsp3) is 0.182. The fourth-order valence-electron chi connectivity index (χ4n) is 1.51. The first-order valence-electron chi connectivity index (χ1n) is 5.35. The highest BCUT2D eigenvalue weighted by Crippen LogP contribution is 2.28. The van der Waals surface area contributed by atoms with Crippen LogP contribution in [0.4, 0.5) is 14.5 Å². The molecule has 2 aromatic rings. The zero-order chi connectivity index (χ0) is 14.7. The van der Waals surface area contributed by atoms with Crippen molar-refractivity contribution in [3.8, 4) is 5.75 Å². The molecular weight excluding hydrogens is 296 g/mol. The average molecular weight is 304 g/mol. The largest absolute Gasteiger partial charge is 0.486 e. The molecule has 0 N–H and O–H groups in total. The second kappa shape index (κ2) is 5.83. The molecule has 0 atom stereocenters. The van der Waals surface area contributed by atoms with Gasteiger partial charge in [0, 0.05) is 24.5 Å². The number of ether oxygens (including phenoxy) is 1. The van der Waals surface area contributed by atoms with Crippen LogP contribution in [0.25, 0.3) is 0 Å². The minimum absolute atomic E-state index is 0.0366. The molecule has 9 heteroatoms. The number of imidazole rings is 1. The summed E-state index contributed by atoms with van der Waals surface area (Å²) >= 11 is 5.70. The van der Waals surface area contributed by atoms with Crippen LogP contribution in [0.3, 0.4) is 0 Å². The van der Waals surface area contributed by atoms with E-state index in [2.05, 4.69) is 4.98 Å². The number of rotatable bonds is 5. The number of nitro benzene ring substituents is 1. The Hall–Kier alpha value is -2.22. The van der Waals surface area contributed by atoms with Crippen LogP contribution in [0.5, 0.6) is 5.75 Å². The van der Waals surface area contributed by atoms with Gasteiger partial charge in [0.25, 0.3) is 5.69 Å². The summed E-state index contributed by atoms with van der Waals surface area (Å²) in [7, 11) is 0. The Morgan fingerprint density at radius 2 is 2.25 bits per heavy atom. The fourth-order valence-corrected chi connectivity index (χ4v) is 1.75. The number of hydrogen-bond donors (Lipinski definition) is 0. The standard InChI is InChI=1S/C11H8ClF2N3O3/c12-8-5-7(1-2-9(8)17(18)19)20-6-10-15-3-4-16(10)11(13)14/h1-5,11H,6H2.